The third kappa shape index (κ3) is 4.14. The summed E-state index contributed by atoms with van der Waals surface area (Å²) in [5, 5.41) is 49.8. The average Bonchev–Trinajstić information content (AvgIpc) is 2.79. The molecule has 0 aliphatic carbocycles. The maximum Gasteiger partial charge on any atom is 0.228 e. The molecule has 2 aromatic carbocycles. The zero-order chi connectivity index (χ0) is 23.9. The fourth-order valence-corrected chi connectivity index (χ4v) is 3.51. The van der Waals surface area contributed by atoms with E-state index in [-0.39, 0.29) is 46.3 Å². The van der Waals surface area contributed by atoms with E-state index in [0.717, 1.165) is 6.07 Å². The minimum atomic E-state index is -1.55. The Morgan fingerprint density at radius 1 is 0.939 bits per heavy atom. The topological polar surface area (TPSA) is 168 Å². The van der Waals surface area contributed by atoms with Gasteiger partial charge in [-0.15, -0.1) is 0 Å². The van der Waals surface area contributed by atoms with Crippen LogP contribution in [0.1, 0.15) is 0 Å². The number of hydrogen-bond acceptors (Lipinski definition) is 11. The Bertz CT molecular complexity index is 1210. The van der Waals surface area contributed by atoms with E-state index in [0.29, 0.717) is 5.56 Å². The van der Waals surface area contributed by atoms with Gasteiger partial charge in [-0.1, -0.05) is 0 Å². The molecule has 0 bridgehead atoms. The highest BCUT2D eigenvalue weighted by molar-refractivity contribution is 5.86. The highest BCUT2D eigenvalue weighted by Crippen LogP contribution is 2.41. The Kier molecular flexibility index (Phi) is 6.04. The molecule has 11 heteroatoms. The molecule has 1 aromatic heterocycles. The van der Waals surface area contributed by atoms with E-state index in [1.807, 2.05) is 0 Å². The molecule has 33 heavy (non-hydrogen) atoms. The van der Waals surface area contributed by atoms with Crippen LogP contribution in [0.4, 0.5) is 0 Å². The molecule has 4 atom stereocenters. The highest BCUT2D eigenvalue weighted by Gasteiger charge is 2.39. The van der Waals surface area contributed by atoms with Gasteiger partial charge in [-0.2, -0.15) is 0 Å². The van der Waals surface area contributed by atoms with Crippen molar-refractivity contribution in [3.05, 3.63) is 40.6 Å². The first-order chi connectivity index (χ1) is 15.7. The van der Waals surface area contributed by atoms with Gasteiger partial charge >= 0.3 is 0 Å². The molecular weight excluding hydrogens is 440 g/mol. The summed E-state index contributed by atoms with van der Waals surface area (Å²) in [6.45, 7) is -0.272. The van der Waals surface area contributed by atoms with Crippen LogP contribution in [0.2, 0.25) is 0 Å². The summed E-state index contributed by atoms with van der Waals surface area (Å²) in [4.78, 5) is 12.7. The number of fused-ring (bicyclic) bond motifs is 1. The average molecular weight is 462 g/mol. The maximum atomic E-state index is 12.7. The van der Waals surface area contributed by atoms with Gasteiger partial charge in [-0.3, -0.25) is 4.79 Å². The van der Waals surface area contributed by atoms with Gasteiger partial charge in [-0.05, 0) is 12.1 Å². The van der Waals surface area contributed by atoms with Gasteiger partial charge < -0.3 is 48.9 Å². The van der Waals surface area contributed by atoms with Crippen LogP contribution in [-0.2, 0) is 4.74 Å². The van der Waals surface area contributed by atoms with E-state index in [4.69, 9.17) is 23.4 Å². The van der Waals surface area contributed by atoms with Crippen molar-refractivity contribution in [1.29, 1.82) is 0 Å². The van der Waals surface area contributed by atoms with Gasteiger partial charge in [0.05, 0.1) is 20.8 Å². The zero-order valence-corrected chi connectivity index (χ0v) is 17.6. The fourth-order valence-electron chi connectivity index (χ4n) is 3.51. The van der Waals surface area contributed by atoms with Crippen LogP contribution in [0, 0.1) is 0 Å². The Balaban J connectivity index is 1.76. The van der Waals surface area contributed by atoms with Crippen LogP contribution < -0.4 is 19.6 Å². The van der Waals surface area contributed by atoms with Crippen LogP contribution in [0.25, 0.3) is 22.3 Å². The van der Waals surface area contributed by atoms with Crippen LogP contribution >= 0.6 is 0 Å². The maximum absolute atomic E-state index is 12.7. The summed E-state index contributed by atoms with van der Waals surface area (Å²) in [7, 11) is 2.71. The van der Waals surface area contributed by atoms with Crippen molar-refractivity contribution in [3.8, 4) is 40.1 Å². The molecule has 1 aliphatic heterocycles. The lowest BCUT2D eigenvalue weighted by atomic mass is 10.1. The predicted octanol–water partition coefficient (Wildman–Crippen LogP) is 0.706. The van der Waals surface area contributed by atoms with E-state index in [1.54, 1.807) is 0 Å². The molecule has 1 unspecified atom stereocenters. The molecule has 4 rings (SSSR count). The quantitative estimate of drug-likeness (QED) is 0.362. The van der Waals surface area contributed by atoms with Crippen molar-refractivity contribution < 1.29 is 48.9 Å². The zero-order valence-electron chi connectivity index (χ0n) is 17.6. The molecule has 5 N–H and O–H groups in total. The molecule has 0 radical (unpaired) electrons. The number of benzene rings is 2. The third-order valence-corrected chi connectivity index (χ3v) is 5.25. The molecule has 0 spiro atoms. The van der Waals surface area contributed by atoms with Gasteiger partial charge in [-0.25, -0.2) is 0 Å². The number of phenolic OH excluding ortho intramolecular Hbond substituents is 2. The first-order valence-corrected chi connectivity index (χ1v) is 9.82. The summed E-state index contributed by atoms with van der Waals surface area (Å²) in [5.74, 6) is -0.400. The predicted molar refractivity (Wildman–Crippen MR) is 113 cm³/mol. The number of phenols is 2. The minimum Gasteiger partial charge on any atom is -0.507 e. The number of rotatable bonds is 5. The third-order valence-electron chi connectivity index (χ3n) is 5.25. The second kappa shape index (κ2) is 8.79. The number of aliphatic hydroxyl groups is 3. The Hall–Kier alpha value is -3.51. The normalized spacial score (nSPS) is 22.8. The first-order valence-electron chi connectivity index (χ1n) is 9.82. The van der Waals surface area contributed by atoms with Crippen molar-refractivity contribution >= 4 is 11.0 Å². The van der Waals surface area contributed by atoms with Crippen LogP contribution in [-0.4, -0.2) is 71.0 Å². The molecule has 11 nitrogen and oxygen atoms in total. The molecule has 176 valence electrons. The number of aromatic hydroxyl groups is 2. The number of ether oxygens (including phenoxy) is 4. The lowest BCUT2D eigenvalue weighted by Crippen LogP contribution is -2.54. The van der Waals surface area contributed by atoms with E-state index in [1.165, 1.54) is 38.5 Å². The largest absolute Gasteiger partial charge is 0.507 e. The fraction of sp³-hybridized carbons (Fsp3) is 0.318. The van der Waals surface area contributed by atoms with Crippen molar-refractivity contribution in [3.63, 3.8) is 0 Å². The van der Waals surface area contributed by atoms with Gasteiger partial charge in [0.15, 0.2) is 16.9 Å². The molecule has 1 aliphatic rings. The summed E-state index contributed by atoms with van der Waals surface area (Å²) in [6.07, 6.45) is -5.64. The van der Waals surface area contributed by atoms with Crippen LogP contribution in [0.5, 0.6) is 28.7 Å². The standard InChI is InChI=1S/C22H22O11/c1-29-16-3-9(4-17(30-2)20(16)27)14-7-12(24)18-11(23)5-10(6-15(18)33-14)32-22-21(28)19(26)13(25)8-31-22/h3-7,13,19,21-23,25-28H,8H2,1-2H3/t13-,19+,21?,22+/m1/s1. The highest BCUT2D eigenvalue weighted by atomic mass is 16.7. The number of aliphatic hydroxyl groups excluding tert-OH is 3. The van der Waals surface area contributed by atoms with Gasteiger partial charge in [0.2, 0.25) is 12.0 Å². The molecule has 0 saturated carbocycles. The van der Waals surface area contributed by atoms with E-state index < -0.39 is 35.8 Å². The molecular formula is C22H22O11. The Labute approximate surface area is 186 Å². The van der Waals surface area contributed by atoms with Gasteiger partial charge in [0, 0.05) is 23.8 Å². The van der Waals surface area contributed by atoms with Crippen molar-refractivity contribution in [1.82, 2.24) is 0 Å². The van der Waals surface area contributed by atoms with E-state index in [9.17, 15) is 30.3 Å². The van der Waals surface area contributed by atoms with E-state index in [2.05, 4.69) is 0 Å². The molecule has 2 heterocycles. The monoisotopic (exact) mass is 462 g/mol. The Morgan fingerprint density at radius 3 is 2.24 bits per heavy atom. The first kappa shape index (κ1) is 22.7. The summed E-state index contributed by atoms with van der Waals surface area (Å²) in [5.41, 5.74) is -0.229. The van der Waals surface area contributed by atoms with Crippen molar-refractivity contribution in [2.75, 3.05) is 20.8 Å². The van der Waals surface area contributed by atoms with E-state index >= 15 is 0 Å². The number of methoxy groups -OCH3 is 2. The lowest BCUT2D eigenvalue weighted by molar-refractivity contribution is -0.242. The molecule has 0 amide bonds. The van der Waals surface area contributed by atoms with Gasteiger partial charge in [0.1, 0.15) is 46.5 Å². The minimum absolute atomic E-state index is 0.0196. The Morgan fingerprint density at radius 2 is 1.61 bits per heavy atom. The second-order valence-electron chi connectivity index (χ2n) is 7.39. The molecule has 1 saturated heterocycles. The second-order valence-corrected chi connectivity index (χ2v) is 7.39. The van der Waals surface area contributed by atoms with Crippen LogP contribution in [0.3, 0.4) is 0 Å². The van der Waals surface area contributed by atoms with Crippen LogP contribution in [0.15, 0.2) is 39.5 Å². The SMILES string of the molecule is COc1cc(-c2cc(=O)c3c(O)cc(O[C@@H]4OC[C@@H](O)[C@H](O)C4O)cc3o2)cc(OC)c1O. The summed E-state index contributed by atoms with van der Waals surface area (Å²) < 4.78 is 26.8. The molecule has 3 aromatic rings. The molecule has 1 fully saturated rings. The smallest absolute Gasteiger partial charge is 0.228 e. The number of hydrogen-bond donors (Lipinski definition) is 5. The summed E-state index contributed by atoms with van der Waals surface area (Å²) >= 11 is 0. The van der Waals surface area contributed by atoms with Crippen molar-refractivity contribution in [2.45, 2.75) is 24.6 Å². The van der Waals surface area contributed by atoms with Crippen molar-refractivity contribution in [2.24, 2.45) is 0 Å². The lowest BCUT2D eigenvalue weighted by Gasteiger charge is -2.34. The van der Waals surface area contributed by atoms with Gasteiger partial charge in [0.25, 0.3) is 0 Å². The summed E-state index contributed by atoms with van der Waals surface area (Å²) in [6, 6.07) is 6.50.